The number of rotatable bonds is 4. The highest BCUT2D eigenvalue weighted by Crippen LogP contribution is 2.29. The Morgan fingerprint density at radius 2 is 2.15 bits per heavy atom. The predicted octanol–water partition coefficient (Wildman–Crippen LogP) is 2.17. The van der Waals surface area contributed by atoms with Crippen molar-refractivity contribution < 1.29 is 14.7 Å². The minimum absolute atomic E-state index is 0.105. The van der Waals surface area contributed by atoms with Crippen LogP contribution in [0.15, 0.2) is 24.3 Å². The van der Waals surface area contributed by atoms with Gasteiger partial charge in [-0.05, 0) is 61.0 Å². The maximum absolute atomic E-state index is 12.1. The van der Waals surface area contributed by atoms with Gasteiger partial charge in [-0.2, -0.15) is 0 Å². The maximum atomic E-state index is 12.1. The molecule has 108 valence electrons. The number of nitrogens with one attached hydrogen (secondary N) is 1. The average molecular weight is 388 g/mol. The molecule has 0 bridgehead atoms. The van der Waals surface area contributed by atoms with Gasteiger partial charge < -0.3 is 10.4 Å². The number of carboxylic acids is 1. The third-order valence-electron chi connectivity index (χ3n) is 3.73. The van der Waals surface area contributed by atoms with Crippen LogP contribution in [0, 0.1) is 3.57 Å². The molecule has 6 heteroatoms. The average Bonchev–Trinajstić information content (AvgIpc) is 2.75. The van der Waals surface area contributed by atoms with E-state index in [0.717, 1.165) is 15.7 Å². The summed E-state index contributed by atoms with van der Waals surface area (Å²) in [4.78, 5) is 25.2. The smallest absolute Gasteiger partial charge is 0.323 e. The van der Waals surface area contributed by atoms with Crippen molar-refractivity contribution >= 4 is 40.2 Å². The Morgan fingerprint density at radius 3 is 2.80 bits per heavy atom. The normalized spacial score (nSPS) is 22.7. The van der Waals surface area contributed by atoms with Gasteiger partial charge in [0, 0.05) is 3.57 Å². The quantitative estimate of drug-likeness (QED) is 0.776. The summed E-state index contributed by atoms with van der Waals surface area (Å²) >= 11 is 2.15. The number of benzene rings is 1. The van der Waals surface area contributed by atoms with E-state index in [1.807, 2.05) is 24.3 Å². The molecule has 1 atom stereocenters. The van der Waals surface area contributed by atoms with E-state index in [1.54, 1.807) is 11.8 Å². The lowest BCUT2D eigenvalue weighted by atomic mass is 9.99. The molecule has 0 saturated carbocycles. The standard InChI is InChI=1S/C14H17IN2O3/c1-14(13(19)20)7-4-8-17(14)9-12(18)16-11-6-3-2-5-10(11)15/h2-3,5-6H,4,7-9H2,1H3,(H,16,18)(H,19,20). The van der Waals surface area contributed by atoms with Gasteiger partial charge in [0.05, 0.1) is 12.2 Å². The third-order valence-corrected chi connectivity index (χ3v) is 4.67. The summed E-state index contributed by atoms with van der Waals surface area (Å²) in [6, 6.07) is 7.50. The van der Waals surface area contributed by atoms with Crippen LogP contribution in [0.25, 0.3) is 0 Å². The van der Waals surface area contributed by atoms with E-state index in [-0.39, 0.29) is 12.5 Å². The van der Waals surface area contributed by atoms with Gasteiger partial charge in [0.1, 0.15) is 5.54 Å². The lowest BCUT2D eigenvalue weighted by Gasteiger charge is -2.30. The fraction of sp³-hybridized carbons (Fsp3) is 0.429. The molecular formula is C14H17IN2O3. The van der Waals surface area contributed by atoms with E-state index in [4.69, 9.17) is 0 Å². The molecule has 0 aromatic heterocycles. The predicted molar refractivity (Wildman–Crippen MR) is 84.6 cm³/mol. The van der Waals surface area contributed by atoms with Crippen molar-refractivity contribution in [3.63, 3.8) is 0 Å². The number of nitrogens with zero attached hydrogens (tertiary/aromatic N) is 1. The van der Waals surface area contributed by atoms with E-state index >= 15 is 0 Å². The van der Waals surface area contributed by atoms with Crippen molar-refractivity contribution in [1.82, 2.24) is 4.90 Å². The third kappa shape index (κ3) is 3.12. The number of likely N-dealkylation sites (tertiary alicyclic amines) is 1. The summed E-state index contributed by atoms with van der Waals surface area (Å²) in [5, 5.41) is 12.1. The molecule has 1 unspecified atom stereocenters. The van der Waals surface area contributed by atoms with E-state index < -0.39 is 11.5 Å². The number of carbonyl (C=O) groups is 2. The summed E-state index contributed by atoms with van der Waals surface area (Å²) in [5.74, 6) is -1.04. The fourth-order valence-electron chi connectivity index (χ4n) is 2.44. The van der Waals surface area contributed by atoms with Crippen LogP contribution in [0.3, 0.4) is 0 Å². The van der Waals surface area contributed by atoms with Gasteiger partial charge in [-0.1, -0.05) is 12.1 Å². The van der Waals surface area contributed by atoms with Crippen molar-refractivity contribution in [3.8, 4) is 0 Å². The van der Waals surface area contributed by atoms with E-state index in [2.05, 4.69) is 27.9 Å². The first-order valence-electron chi connectivity index (χ1n) is 6.46. The number of carboxylic acid groups (broad SMARTS) is 1. The minimum atomic E-state index is -0.929. The zero-order valence-corrected chi connectivity index (χ0v) is 13.4. The van der Waals surface area contributed by atoms with Crippen LogP contribution >= 0.6 is 22.6 Å². The lowest BCUT2D eigenvalue weighted by molar-refractivity contribution is -0.149. The second kappa shape index (κ2) is 6.09. The van der Waals surface area contributed by atoms with Gasteiger partial charge in [0.25, 0.3) is 0 Å². The van der Waals surface area contributed by atoms with Crippen LogP contribution in [-0.4, -0.2) is 40.5 Å². The van der Waals surface area contributed by atoms with Crippen LogP contribution in [-0.2, 0) is 9.59 Å². The Hall–Kier alpha value is -1.15. The number of hydrogen-bond donors (Lipinski definition) is 2. The lowest BCUT2D eigenvalue weighted by Crippen LogP contribution is -2.50. The fourth-order valence-corrected chi connectivity index (χ4v) is 2.96. The summed E-state index contributed by atoms with van der Waals surface area (Å²) in [6.07, 6.45) is 1.39. The number of aliphatic carboxylic acids is 1. The van der Waals surface area contributed by atoms with Crippen LogP contribution < -0.4 is 5.32 Å². The molecular weight excluding hydrogens is 371 g/mol. The first-order chi connectivity index (χ1) is 9.43. The number of amides is 1. The van der Waals surface area contributed by atoms with Crippen LogP contribution in [0.2, 0.25) is 0 Å². The molecule has 5 nitrogen and oxygen atoms in total. The Balaban J connectivity index is 2.02. The molecule has 2 N–H and O–H groups in total. The first-order valence-corrected chi connectivity index (χ1v) is 7.54. The molecule has 0 radical (unpaired) electrons. The van der Waals surface area contributed by atoms with E-state index in [0.29, 0.717) is 13.0 Å². The van der Waals surface area contributed by atoms with Gasteiger partial charge in [-0.25, -0.2) is 0 Å². The molecule has 1 aliphatic rings. The molecule has 2 rings (SSSR count). The number of halogens is 1. The Bertz CT molecular complexity index is 535. The van der Waals surface area contributed by atoms with Gasteiger partial charge in [0.2, 0.25) is 5.91 Å². The molecule has 1 heterocycles. The summed E-state index contributed by atoms with van der Waals surface area (Å²) in [6.45, 7) is 2.43. The number of carbonyl (C=O) groups excluding carboxylic acids is 1. The minimum Gasteiger partial charge on any atom is -0.480 e. The molecule has 1 aliphatic heterocycles. The van der Waals surface area contributed by atoms with Crippen LogP contribution in [0.5, 0.6) is 0 Å². The van der Waals surface area contributed by atoms with Gasteiger partial charge in [-0.15, -0.1) is 0 Å². The molecule has 0 spiro atoms. The molecule has 1 saturated heterocycles. The molecule has 1 aromatic carbocycles. The maximum Gasteiger partial charge on any atom is 0.323 e. The topological polar surface area (TPSA) is 69.6 Å². The van der Waals surface area contributed by atoms with Crippen molar-refractivity contribution in [2.75, 3.05) is 18.4 Å². The summed E-state index contributed by atoms with van der Waals surface area (Å²) < 4.78 is 0.959. The van der Waals surface area contributed by atoms with Gasteiger partial charge >= 0.3 is 5.97 Å². The van der Waals surface area contributed by atoms with Gasteiger partial charge in [-0.3, -0.25) is 14.5 Å². The van der Waals surface area contributed by atoms with Crippen molar-refractivity contribution in [3.05, 3.63) is 27.8 Å². The second-order valence-electron chi connectivity index (χ2n) is 5.13. The van der Waals surface area contributed by atoms with Crippen molar-refractivity contribution in [1.29, 1.82) is 0 Å². The Kier molecular flexibility index (Phi) is 4.64. The molecule has 20 heavy (non-hydrogen) atoms. The SMILES string of the molecule is CC1(C(=O)O)CCCN1CC(=O)Nc1ccccc1I. The molecule has 0 aliphatic carbocycles. The largest absolute Gasteiger partial charge is 0.480 e. The summed E-state index contributed by atoms with van der Waals surface area (Å²) in [7, 11) is 0. The summed E-state index contributed by atoms with van der Waals surface area (Å²) in [5.41, 5.74) is -0.171. The first kappa shape index (κ1) is 15.2. The highest BCUT2D eigenvalue weighted by molar-refractivity contribution is 14.1. The van der Waals surface area contributed by atoms with Crippen LogP contribution in [0.4, 0.5) is 5.69 Å². The van der Waals surface area contributed by atoms with Crippen LogP contribution in [0.1, 0.15) is 19.8 Å². The highest BCUT2D eigenvalue weighted by Gasteiger charge is 2.43. The number of anilines is 1. The van der Waals surface area contributed by atoms with Crippen molar-refractivity contribution in [2.24, 2.45) is 0 Å². The molecule has 1 amide bonds. The highest BCUT2D eigenvalue weighted by atomic mass is 127. The Morgan fingerprint density at radius 1 is 1.45 bits per heavy atom. The van der Waals surface area contributed by atoms with E-state index in [1.165, 1.54) is 0 Å². The molecule has 1 fully saturated rings. The Labute approximate surface area is 131 Å². The zero-order chi connectivity index (χ0) is 14.8. The monoisotopic (exact) mass is 388 g/mol. The number of hydrogen-bond acceptors (Lipinski definition) is 3. The van der Waals surface area contributed by atoms with E-state index in [9.17, 15) is 14.7 Å². The number of para-hydroxylation sites is 1. The van der Waals surface area contributed by atoms with Gasteiger partial charge in [0.15, 0.2) is 0 Å². The van der Waals surface area contributed by atoms with Crippen molar-refractivity contribution in [2.45, 2.75) is 25.3 Å². The zero-order valence-electron chi connectivity index (χ0n) is 11.2. The second-order valence-corrected chi connectivity index (χ2v) is 6.29. The molecule has 1 aromatic rings.